The van der Waals surface area contributed by atoms with E-state index in [4.69, 9.17) is 5.73 Å². The molecule has 8 heteroatoms. The van der Waals surface area contributed by atoms with Crippen molar-refractivity contribution >= 4 is 21.4 Å². The molecule has 0 saturated carbocycles. The number of rotatable bonds is 3. The summed E-state index contributed by atoms with van der Waals surface area (Å²) in [6.07, 6.45) is 3.24. The fourth-order valence-corrected chi connectivity index (χ4v) is 2.91. The highest BCUT2D eigenvalue weighted by atomic mass is 32.2. The highest BCUT2D eigenvalue weighted by molar-refractivity contribution is 7.91. The number of aromatic nitrogens is 4. The van der Waals surface area contributed by atoms with Crippen LogP contribution in [-0.4, -0.2) is 33.8 Å². The highest BCUT2D eigenvalue weighted by Gasteiger charge is 2.13. The van der Waals surface area contributed by atoms with Crippen LogP contribution >= 0.6 is 0 Å². The first kappa shape index (κ1) is 13.5. The Morgan fingerprint density at radius 1 is 1.24 bits per heavy atom. The van der Waals surface area contributed by atoms with Crippen LogP contribution in [0, 0.1) is 0 Å². The van der Waals surface area contributed by atoms with Crippen molar-refractivity contribution in [1.29, 1.82) is 0 Å². The predicted molar refractivity (Wildman–Crippen MR) is 78.4 cm³/mol. The number of anilines is 1. The fourth-order valence-electron chi connectivity index (χ4n) is 2.02. The lowest BCUT2D eigenvalue weighted by atomic mass is 10.1. The molecule has 0 saturated heterocycles. The number of nitrogens with zero attached hydrogens (tertiary/aromatic N) is 4. The quantitative estimate of drug-likeness (QED) is 0.779. The van der Waals surface area contributed by atoms with Crippen LogP contribution in [-0.2, 0) is 9.84 Å². The number of fused-ring (bicyclic) bond motifs is 1. The molecular formula is C13H13N5O2S. The Hall–Kier alpha value is -2.48. The molecule has 0 spiro atoms. The minimum absolute atomic E-state index is 0.0703. The van der Waals surface area contributed by atoms with Crippen LogP contribution in [0.4, 0.5) is 5.95 Å². The van der Waals surface area contributed by atoms with Gasteiger partial charge in [-0.05, 0) is 12.1 Å². The summed E-state index contributed by atoms with van der Waals surface area (Å²) in [6, 6.07) is 6.55. The van der Waals surface area contributed by atoms with Crippen LogP contribution in [0.1, 0.15) is 6.92 Å². The average molecular weight is 303 g/mol. The van der Waals surface area contributed by atoms with Crippen molar-refractivity contribution in [2.75, 3.05) is 11.5 Å². The van der Waals surface area contributed by atoms with Crippen LogP contribution < -0.4 is 5.73 Å². The van der Waals surface area contributed by atoms with Gasteiger partial charge in [-0.25, -0.2) is 12.9 Å². The highest BCUT2D eigenvalue weighted by Crippen LogP contribution is 2.23. The molecule has 0 bridgehead atoms. The monoisotopic (exact) mass is 303 g/mol. The molecule has 3 rings (SSSR count). The van der Waals surface area contributed by atoms with E-state index in [1.807, 2.05) is 0 Å². The van der Waals surface area contributed by atoms with Gasteiger partial charge in [0.25, 0.3) is 0 Å². The Bertz CT molecular complexity index is 900. The van der Waals surface area contributed by atoms with Crippen LogP contribution in [0.25, 0.3) is 16.9 Å². The summed E-state index contributed by atoms with van der Waals surface area (Å²) < 4.78 is 25.1. The van der Waals surface area contributed by atoms with Gasteiger partial charge in [-0.1, -0.05) is 19.1 Å². The Labute approximate surface area is 121 Å². The molecule has 21 heavy (non-hydrogen) atoms. The topological polar surface area (TPSA) is 103 Å². The van der Waals surface area contributed by atoms with Gasteiger partial charge in [0.15, 0.2) is 15.5 Å². The Morgan fingerprint density at radius 3 is 2.62 bits per heavy atom. The van der Waals surface area contributed by atoms with E-state index in [0.717, 1.165) is 5.56 Å². The molecule has 0 atom stereocenters. The predicted octanol–water partition coefficient (Wildman–Crippen LogP) is 1.17. The van der Waals surface area contributed by atoms with Crippen molar-refractivity contribution in [1.82, 2.24) is 19.6 Å². The van der Waals surface area contributed by atoms with E-state index < -0.39 is 9.84 Å². The third-order valence-corrected chi connectivity index (χ3v) is 4.89. The van der Waals surface area contributed by atoms with Gasteiger partial charge in [-0.2, -0.15) is 4.98 Å². The van der Waals surface area contributed by atoms with E-state index >= 15 is 0 Å². The SMILES string of the molecule is CCS(=O)(=O)c1ccc(-c2nccn3nc(N)nc23)cc1. The second kappa shape index (κ2) is 4.81. The lowest BCUT2D eigenvalue weighted by Crippen LogP contribution is -2.03. The lowest BCUT2D eigenvalue weighted by Gasteiger charge is -2.04. The number of hydrogen-bond donors (Lipinski definition) is 1. The van der Waals surface area contributed by atoms with Gasteiger partial charge < -0.3 is 5.73 Å². The van der Waals surface area contributed by atoms with Crippen LogP contribution in [0.3, 0.4) is 0 Å². The van der Waals surface area contributed by atoms with Crippen molar-refractivity contribution in [3.8, 4) is 11.3 Å². The van der Waals surface area contributed by atoms with Crippen LogP contribution in [0.2, 0.25) is 0 Å². The molecule has 0 aliphatic heterocycles. The smallest absolute Gasteiger partial charge is 0.240 e. The minimum Gasteiger partial charge on any atom is -0.366 e. The fraction of sp³-hybridized carbons (Fsp3) is 0.154. The summed E-state index contributed by atoms with van der Waals surface area (Å²) in [4.78, 5) is 8.69. The zero-order valence-corrected chi connectivity index (χ0v) is 12.1. The summed E-state index contributed by atoms with van der Waals surface area (Å²) in [7, 11) is -3.21. The van der Waals surface area contributed by atoms with Crippen LogP contribution in [0.15, 0.2) is 41.6 Å². The second-order valence-electron chi connectivity index (χ2n) is 4.44. The third kappa shape index (κ3) is 2.33. The molecule has 2 heterocycles. The molecular weight excluding hydrogens is 290 g/mol. The number of sulfone groups is 1. The summed E-state index contributed by atoms with van der Waals surface area (Å²) in [5, 5.41) is 4.02. The number of nitrogen functional groups attached to an aromatic ring is 1. The minimum atomic E-state index is -3.21. The van der Waals surface area contributed by atoms with Crippen molar-refractivity contribution in [3.05, 3.63) is 36.7 Å². The molecule has 0 amide bonds. The molecule has 0 radical (unpaired) electrons. The number of nitrogens with two attached hydrogens (primary N) is 1. The maximum atomic E-state index is 11.8. The molecule has 0 fully saturated rings. The summed E-state index contributed by atoms with van der Waals surface area (Å²) in [6.45, 7) is 1.62. The summed E-state index contributed by atoms with van der Waals surface area (Å²) >= 11 is 0. The standard InChI is InChI=1S/C13H13N5O2S/c1-2-21(19,20)10-5-3-9(4-6-10)11-12-16-13(14)17-18(12)8-7-15-11/h3-8H,2H2,1H3,(H2,14,17). The van der Waals surface area contributed by atoms with Gasteiger partial charge in [0.05, 0.1) is 10.6 Å². The van der Waals surface area contributed by atoms with E-state index in [2.05, 4.69) is 15.1 Å². The van der Waals surface area contributed by atoms with Gasteiger partial charge in [0.2, 0.25) is 5.95 Å². The van der Waals surface area contributed by atoms with E-state index in [1.54, 1.807) is 43.6 Å². The summed E-state index contributed by atoms with van der Waals surface area (Å²) in [5.41, 5.74) is 7.47. The van der Waals surface area contributed by atoms with Crippen molar-refractivity contribution in [2.24, 2.45) is 0 Å². The zero-order chi connectivity index (χ0) is 15.0. The molecule has 2 N–H and O–H groups in total. The van der Waals surface area contributed by atoms with Crippen molar-refractivity contribution in [2.45, 2.75) is 11.8 Å². The van der Waals surface area contributed by atoms with Gasteiger partial charge >= 0.3 is 0 Å². The Balaban J connectivity index is 2.12. The first-order chi connectivity index (χ1) is 10.0. The number of benzene rings is 1. The zero-order valence-electron chi connectivity index (χ0n) is 11.3. The third-order valence-electron chi connectivity index (χ3n) is 3.14. The molecule has 108 valence electrons. The normalized spacial score (nSPS) is 11.9. The number of hydrogen-bond acceptors (Lipinski definition) is 6. The van der Waals surface area contributed by atoms with Crippen LogP contribution in [0.5, 0.6) is 0 Å². The Kier molecular flexibility index (Phi) is 3.09. The van der Waals surface area contributed by atoms with Gasteiger partial charge in [0, 0.05) is 18.0 Å². The van der Waals surface area contributed by atoms with Crippen molar-refractivity contribution < 1.29 is 8.42 Å². The van der Waals surface area contributed by atoms with Gasteiger partial charge in [-0.15, -0.1) is 5.10 Å². The molecule has 3 aromatic rings. The van der Waals surface area contributed by atoms with E-state index in [9.17, 15) is 8.42 Å². The molecule has 2 aromatic heterocycles. The molecule has 7 nitrogen and oxygen atoms in total. The summed E-state index contributed by atoms with van der Waals surface area (Å²) in [5.74, 6) is 0.232. The molecule has 1 aromatic carbocycles. The van der Waals surface area contributed by atoms with E-state index in [0.29, 0.717) is 16.2 Å². The lowest BCUT2D eigenvalue weighted by molar-refractivity contribution is 0.597. The largest absolute Gasteiger partial charge is 0.366 e. The molecule has 0 unspecified atom stereocenters. The van der Waals surface area contributed by atoms with Gasteiger partial charge in [-0.3, -0.25) is 4.98 Å². The maximum absolute atomic E-state index is 11.8. The molecule has 0 aliphatic carbocycles. The first-order valence-electron chi connectivity index (χ1n) is 6.31. The molecule has 0 aliphatic rings. The van der Waals surface area contributed by atoms with E-state index in [1.165, 1.54) is 4.52 Å². The maximum Gasteiger partial charge on any atom is 0.240 e. The van der Waals surface area contributed by atoms with E-state index in [-0.39, 0.29) is 11.7 Å². The second-order valence-corrected chi connectivity index (χ2v) is 6.72. The van der Waals surface area contributed by atoms with Gasteiger partial charge in [0.1, 0.15) is 5.69 Å². The Morgan fingerprint density at radius 2 is 1.95 bits per heavy atom. The average Bonchev–Trinajstić information content (AvgIpc) is 2.87. The van der Waals surface area contributed by atoms with Crippen molar-refractivity contribution in [3.63, 3.8) is 0 Å². The first-order valence-corrected chi connectivity index (χ1v) is 7.96.